The molecule has 1 aliphatic heterocycles. The molecule has 5 rings (SSSR count). The molecule has 0 spiro atoms. The molecule has 35 heavy (non-hydrogen) atoms. The zero-order valence-corrected chi connectivity index (χ0v) is 20.0. The van der Waals surface area contributed by atoms with E-state index in [2.05, 4.69) is 36.8 Å². The van der Waals surface area contributed by atoms with Crippen molar-refractivity contribution in [2.75, 3.05) is 17.2 Å². The molecule has 3 aromatic rings. The first-order valence-corrected chi connectivity index (χ1v) is 12.2. The highest BCUT2D eigenvalue weighted by Gasteiger charge is 2.41. The molecule has 1 saturated heterocycles. The van der Waals surface area contributed by atoms with Crippen molar-refractivity contribution in [1.29, 1.82) is 0 Å². The Balaban J connectivity index is 1.36. The minimum atomic E-state index is -4.65. The molecule has 1 aromatic carbocycles. The molecular formula is C21H22ClF3N8OS. The van der Waals surface area contributed by atoms with Crippen molar-refractivity contribution < 1.29 is 18.0 Å². The number of halogens is 4. The Morgan fingerprint density at radius 2 is 2.11 bits per heavy atom. The summed E-state index contributed by atoms with van der Waals surface area (Å²) in [5, 5.41) is 18.7. The van der Waals surface area contributed by atoms with Gasteiger partial charge in [-0.15, -0.1) is 21.8 Å². The van der Waals surface area contributed by atoms with E-state index < -0.39 is 17.6 Å². The first-order valence-electron chi connectivity index (χ1n) is 10.9. The van der Waals surface area contributed by atoms with E-state index in [4.69, 9.17) is 11.6 Å². The maximum atomic E-state index is 13.6. The standard InChI is InChI=1S/C21H22ClF3N8OS/c1-33-9-11(7-27-33)18(34)28-16-6-10(2-3-13(16)21(23,24)25)19-31-32-20(35-19)29-15-5-4-14-12(17(15)22)8-26-30-14/h2-3,6-7,9,12,14-15,17,26,30H,4-5,8H2,1H3,(H,28,34)(H,29,32). The van der Waals surface area contributed by atoms with Gasteiger partial charge < -0.3 is 10.6 Å². The maximum Gasteiger partial charge on any atom is 0.418 e. The van der Waals surface area contributed by atoms with Crippen LogP contribution in [0.5, 0.6) is 0 Å². The van der Waals surface area contributed by atoms with Gasteiger partial charge in [0.05, 0.1) is 28.4 Å². The van der Waals surface area contributed by atoms with E-state index in [1.165, 1.54) is 40.5 Å². The quantitative estimate of drug-likeness (QED) is 0.377. The van der Waals surface area contributed by atoms with E-state index in [9.17, 15) is 18.0 Å². The summed E-state index contributed by atoms with van der Waals surface area (Å²) in [7, 11) is 1.61. The summed E-state index contributed by atoms with van der Waals surface area (Å²) in [6.45, 7) is 0.789. The van der Waals surface area contributed by atoms with Crippen LogP contribution in [-0.2, 0) is 13.2 Å². The van der Waals surface area contributed by atoms with Crippen LogP contribution in [0.1, 0.15) is 28.8 Å². The summed E-state index contributed by atoms with van der Waals surface area (Å²) < 4.78 is 42.2. The zero-order valence-electron chi connectivity index (χ0n) is 18.4. The van der Waals surface area contributed by atoms with E-state index in [0.29, 0.717) is 21.7 Å². The number of hydrogen-bond donors (Lipinski definition) is 4. The average Bonchev–Trinajstić information content (AvgIpc) is 3.56. The van der Waals surface area contributed by atoms with Gasteiger partial charge in [-0.3, -0.25) is 20.3 Å². The molecule has 3 heterocycles. The van der Waals surface area contributed by atoms with Gasteiger partial charge in [0.1, 0.15) is 5.01 Å². The number of hydrogen-bond acceptors (Lipinski definition) is 8. The van der Waals surface area contributed by atoms with Gasteiger partial charge in [0.15, 0.2) is 0 Å². The number of amides is 1. The lowest BCUT2D eigenvalue weighted by molar-refractivity contribution is -0.136. The van der Waals surface area contributed by atoms with E-state index in [1.54, 1.807) is 7.05 Å². The zero-order chi connectivity index (χ0) is 24.7. The van der Waals surface area contributed by atoms with Gasteiger partial charge in [-0.1, -0.05) is 17.4 Å². The molecule has 0 radical (unpaired) electrons. The molecule has 2 fully saturated rings. The Morgan fingerprint density at radius 3 is 2.86 bits per heavy atom. The van der Waals surface area contributed by atoms with Gasteiger partial charge in [0.2, 0.25) is 5.13 Å². The monoisotopic (exact) mass is 526 g/mol. The highest BCUT2D eigenvalue weighted by atomic mass is 35.5. The van der Waals surface area contributed by atoms with Crippen molar-refractivity contribution in [3.05, 3.63) is 41.7 Å². The number of anilines is 2. The Hall–Kier alpha value is -2.74. The third kappa shape index (κ3) is 4.99. The van der Waals surface area contributed by atoms with Crippen molar-refractivity contribution in [2.45, 2.75) is 36.5 Å². The van der Waals surface area contributed by atoms with Crippen molar-refractivity contribution >= 4 is 39.7 Å². The van der Waals surface area contributed by atoms with Crippen LogP contribution in [0.25, 0.3) is 10.6 Å². The van der Waals surface area contributed by atoms with Crippen molar-refractivity contribution in [1.82, 2.24) is 30.8 Å². The third-order valence-electron chi connectivity index (χ3n) is 6.25. The molecule has 2 aliphatic rings. The molecule has 1 amide bonds. The van der Waals surface area contributed by atoms with Crippen molar-refractivity contribution in [3.8, 4) is 10.6 Å². The molecule has 4 atom stereocenters. The second-order valence-corrected chi connectivity index (χ2v) is 10.1. The predicted molar refractivity (Wildman–Crippen MR) is 126 cm³/mol. The van der Waals surface area contributed by atoms with Crippen molar-refractivity contribution in [2.24, 2.45) is 13.0 Å². The van der Waals surface area contributed by atoms with Crippen LogP contribution >= 0.6 is 22.9 Å². The van der Waals surface area contributed by atoms with Gasteiger partial charge in [-0.2, -0.15) is 18.3 Å². The first kappa shape index (κ1) is 24.0. The normalized spacial score (nSPS) is 24.3. The van der Waals surface area contributed by atoms with Gasteiger partial charge in [0, 0.05) is 43.4 Å². The average molecular weight is 527 g/mol. The fraction of sp³-hybridized carbons (Fsp3) is 0.429. The highest BCUT2D eigenvalue weighted by molar-refractivity contribution is 7.18. The minimum absolute atomic E-state index is 0.00218. The van der Waals surface area contributed by atoms with E-state index in [0.717, 1.165) is 25.5 Å². The van der Waals surface area contributed by atoms with Crippen LogP contribution in [0.15, 0.2) is 30.6 Å². The highest BCUT2D eigenvalue weighted by Crippen LogP contribution is 2.39. The van der Waals surface area contributed by atoms with Crippen LogP contribution in [0.4, 0.5) is 24.0 Å². The molecule has 0 bridgehead atoms. The fourth-order valence-electron chi connectivity index (χ4n) is 4.46. The molecule has 1 saturated carbocycles. The Bertz CT molecular complexity index is 1230. The van der Waals surface area contributed by atoms with E-state index in [-0.39, 0.29) is 28.6 Å². The summed E-state index contributed by atoms with van der Waals surface area (Å²) in [5.41, 5.74) is 5.61. The summed E-state index contributed by atoms with van der Waals surface area (Å²) in [5.74, 6) is -0.406. The van der Waals surface area contributed by atoms with Crippen LogP contribution in [0.2, 0.25) is 0 Å². The number of aromatic nitrogens is 4. The molecule has 4 unspecified atom stereocenters. The number of alkyl halides is 4. The topological polar surface area (TPSA) is 109 Å². The minimum Gasteiger partial charge on any atom is -0.356 e. The molecule has 14 heteroatoms. The lowest BCUT2D eigenvalue weighted by Crippen LogP contribution is -2.47. The van der Waals surface area contributed by atoms with Crippen LogP contribution in [0.3, 0.4) is 0 Å². The Kier molecular flexibility index (Phi) is 6.42. The van der Waals surface area contributed by atoms with Gasteiger partial charge >= 0.3 is 6.18 Å². The number of aryl methyl sites for hydroxylation is 1. The summed E-state index contributed by atoms with van der Waals surface area (Å²) >= 11 is 7.92. The van der Waals surface area contributed by atoms with Crippen LogP contribution in [0, 0.1) is 5.92 Å². The lowest BCUT2D eigenvalue weighted by atomic mass is 9.82. The third-order valence-corrected chi connectivity index (χ3v) is 7.78. The Morgan fingerprint density at radius 1 is 1.29 bits per heavy atom. The van der Waals surface area contributed by atoms with Gasteiger partial charge in [0.25, 0.3) is 5.91 Å². The number of nitrogens with one attached hydrogen (secondary N) is 4. The smallest absolute Gasteiger partial charge is 0.356 e. The summed E-state index contributed by atoms with van der Waals surface area (Å²) in [6.07, 6.45) is -0.135. The second kappa shape index (κ2) is 9.37. The number of carbonyl (C=O) groups excluding carboxylic acids is 1. The number of hydrazine groups is 1. The van der Waals surface area contributed by atoms with Crippen LogP contribution < -0.4 is 21.5 Å². The molecule has 2 aromatic heterocycles. The lowest BCUT2D eigenvalue weighted by Gasteiger charge is -2.35. The largest absolute Gasteiger partial charge is 0.418 e. The number of carbonyl (C=O) groups is 1. The number of benzene rings is 1. The van der Waals surface area contributed by atoms with Gasteiger partial charge in [-0.25, -0.2) is 0 Å². The molecule has 1 aliphatic carbocycles. The Labute approximate surface area is 207 Å². The molecule has 9 nitrogen and oxygen atoms in total. The molecule has 186 valence electrons. The molecule has 4 N–H and O–H groups in total. The van der Waals surface area contributed by atoms with E-state index >= 15 is 0 Å². The summed E-state index contributed by atoms with van der Waals surface area (Å²) in [6, 6.07) is 3.85. The second-order valence-electron chi connectivity index (χ2n) is 8.60. The van der Waals surface area contributed by atoms with Crippen LogP contribution in [-0.4, -0.2) is 49.9 Å². The number of fused-ring (bicyclic) bond motifs is 1. The van der Waals surface area contributed by atoms with E-state index in [1.807, 2.05) is 0 Å². The maximum absolute atomic E-state index is 13.6. The first-order chi connectivity index (χ1) is 16.7. The number of rotatable bonds is 5. The van der Waals surface area contributed by atoms with Gasteiger partial charge in [-0.05, 0) is 25.0 Å². The number of nitrogens with zero attached hydrogens (tertiary/aromatic N) is 4. The SMILES string of the molecule is Cn1cc(C(=O)Nc2cc(-c3nnc(NC4CCC5NNCC5C4Cl)s3)ccc2C(F)(F)F)cn1. The summed E-state index contributed by atoms with van der Waals surface area (Å²) in [4.78, 5) is 12.5. The fourth-order valence-corrected chi connectivity index (χ4v) is 5.72. The predicted octanol–water partition coefficient (Wildman–Crippen LogP) is 3.48. The van der Waals surface area contributed by atoms with Crippen molar-refractivity contribution in [3.63, 3.8) is 0 Å². The molecular weight excluding hydrogens is 505 g/mol.